The summed E-state index contributed by atoms with van der Waals surface area (Å²) in [5, 5.41) is 0. The SMILES string of the molecule is CCCOc1ccc(S(=O)(=O)N(CCOCCOC)CCN2CCOCC2)cc1. The van der Waals surface area contributed by atoms with Gasteiger partial charge in [0, 0.05) is 39.8 Å². The van der Waals surface area contributed by atoms with Crippen molar-refractivity contribution in [3.05, 3.63) is 24.3 Å². The van der Waals surface area contributed by atoms with E-state index in [2.05, 4.69) is 4.90 Å². The number of nitrogens with zero attached hydrogens (tertiary/aromatic N) is 2. The first-order valence-electron chi connectivity index (χ1n) is 10.2. The fourth-order valence-electron chi connectivity index (χ4n) is 2.92. The zero-order valence-corrected chi connectivity index (χ0v) is 18.4. The maximum absolute atomic E-state index is 13.2. The minimum Gasteiger partial charge on any atom is -0.494 e. The number of sulfonamides is 1. The van der Waals surface area contributed by atoms with Crippen LogP contribution in [0.3, 0.4) is 0 Å². The zero-order chi connectivity index (χ0) is 21.0. The number of ether oxygens (including phenoxy) is 4. The number of hydrogen-bond acceptors (Lipinski definition) is 7. The molecule has 0 atom stereocenters. The van der Waals surface area contributed by atoms with E-state index in [0.29, 0.717) is 65.0 Å². The Morgan fingerprint density at radius 2 is 1.76 bits per heavy atom. The Morgan fingerprint density at radius 3 is 2.41 bits per heavy atom. The molecule has 9 heteroatoms. The van der Waals surface area contributed by atoms with Gasteiger partial charge in [0.25, 0.3) is 0 Å². The van der Waals surface area contributed by atoms with Gasteiger partial charge >= 0.3 is 0 Å². The summed E-state index contributed by atoms with van der Waals surface area (Å²) in [6.07, 6.45) is 0.901. The number of hydrogen-bond donors (Lipinski definition) is 0. The highest BCUT2D eigenvalue weighted by molar-refractivity contribution is 7.89. The molecule has 0 aliphatic carbocycles. The van der Waals surface area contributed by atoms with E-state index < -0.39 is 10.0 Å². The van der Waals surface area contributed by atoms with Gasteiger partial charge in [0.2, 0.25) is 10.0 Å². The Labute approximate surface area is 174 Å². The van der Waals surface area contributed by atoms with Gasteiger partial charge in [-0.15, -0.1) is 0 Å². The molecule has 1 aromatic carbocycles. The highest BCUT2D eigenvalue weighted by atomic mass is 32.2. The van der Waals surface area contributed by atoms with Gasteiger partial charge in [0.15, 0.2) is 0 Å². The first-order valence-corrected chi connectivity index (χ1v) is 11.6. The Bertz CT molecular complexity index is 662. The summed E-state index contributed by atoms with van der Waals surface area (Å²) in [5.74, 6) is 0.675. The second-order valence-electron chi connectivity index (χ2n) is 6.78. The van der Waals surface area contributed by atoms with Crippen LogP contribution in [0.5, 0.6) is 5.75 Å². The van der Waals surface area contributed by atoms with Gasteiger partial charge in [-0.25, -0.2) is 8.42 Å². The van der Waals surface area contributed by atoms with Gasteiger partial charge < -0.3 is 18.9 Å². The first kappa shape index (κ1) is 24.0. The number of morpholine rings is 1. The van der Waals surface area contributed by atoms with Crippen LogP contribution in [0, 0.1) is 0 Å². The fourth-order valence-corrected chi connectivity index (χ4v) is 4.33. The minimum absolute atomic E-state index is 0.264. The largest absolute Gasteiger partial charge is 0.494 e. The second-order valence-corrected chi connectivity index (χ2v) is 8.72. The summed E-state index contributed by atoms with van der Waals surface area (Å²) in [7, 11) is -2.02. The summed E-state index contributed by atoms with van der Waals surface area (Å²) < 4.78 is 49.3. The third-order valence-corrected chi connectivity index (χ3v) is 6.53. The van der Waals surface area contributed by atoms with Crippen LogP contribution in [0.1, 0.15) is 13.3 Å². The van der Waals surface area contributed by atoms with Crippen LogP contribution in [0.2, 0.25) is 0 Å². The second kappa shape index (κ2) is 13.1. The molecule has 0 bridgehead atoms. The monoisotopic (exact) mass is 430 g/mol. The molecule has 166 valence electrons. The Morgan fingerprint density at radius 1 is 1.03 bits per heavy atom. The van der Waals surface area contributed by atoms with Crippen LogP contribution in [-0.4, -0.2) is 97.1 Å². The summed E-state index contributed by atoms with van der Waals surface area (Å²) >= 11 is 0. The molecular weight excluding hydrogens is 396 g/mol. The van der Waals surface area contributed by atoms with Crippen molar-refractivity contribution in [3.63, 3.8) is 0 Å². The lowest BCUT2D eigenvalue weighted by Crippen LogP contribution is -2.44. The molecule has 0 spiro atoms. The predicted octanol–water partition coefficient (Wildman–Crippen LogP) is 1.46. The highest BCUT2D eigenvalue weighted by Crippen LogP contribution is 2.20. The molecular formula is C20H34N2O6S. The van der Waals surface area contributed by atoms with E-state index in [0.717, 1.165) is 19.5 Å². The van der Waals surface area contributed by atoms with E-state index in [9.17, 15) is 8.42 Å². The van der Waals surface area contributed by atoms with Gasteiger partial charge in [0.05, 0.1) is 44.5 Å². The quantitative estimate of drug-likeness (QED) is 0.414. The summed E-state index contributed by atoms with van der Waals surface area (Å²) in [4.78, 5) is 2.49. The number of benzene rings is 1. The molecule has 0 saturated carbocycles. The van der Waals surface area contributed by atoms with E-state index in [-0.39, 0.29) is 4.90 Å². The molecule has 0 N–H and O–H groups in total. The minimum atomic E-state index is -3.62. The molecule has 0 amide bonds. The molecule has 1 fully saturated rings. The van der Waals surface area contributed by atoms with Crippen molar-refractivity contribution in [1.82, 2.24) is 9.21 Å². The van der Waals surface area contributed by atoms with Gasteiger partial charge in [-0.1, -0.05) is 6.92 Å². The van der Waals surface area contributed by atoms with E-state index in [1.165, 1.54) is 4.31 Å². The van der Waals surface area contributed by atoms with E-state index in [1.807, 2.05) is 6.92 Å². The maximum Gasteiger partial charge on any atom is 0.243 e. The Hall–Kier alpha value is -1.23. The average molecular weight is 431 g/mol. The van der Waals surface area contributed by atoms with Gasteiger partial charge in [-0.3, -0.25) is 4.90 Å². The highest BCUT2D eigenvalue weighted by Gasteiger charge is 2.25. The molecule has 1 saturated heterocycles. The first-order chi connectivity index (χ1) is 14.1. The van der Waals surface area contributed by atoms with E-state index in [4.69, 9.17) is 18.9 Å². The third-order valence-electron chi connectivity index (χ3n) is 4.62. The van der Waals surface area contributed by atoms with Crippen LogP contribution in [0.4, 0.5) is 0 Å². The van der Waals surface area contributed by atoms with Crippen molar-refractivity contribution in [2.24, 2.45) is 0 Å². The molecule has 1 aliphatic heterocycles. The normalized spacial score (nSPS) is 15.7. The van der Waals surface area contributed by atoms with Crippen molar-refractivity contribution in [2.75, 3.05) is 79.5 Å². The molecule has 29 heavy (non-hydrogen) atoms. The Kier molecular flexibility index (Phi) is 10.9. The molecule has 8 nitrogen and oxygen atoms in total. The number of rotatable bonds is 14. The average Bonchev–Trinajstić information content (AvgIpc) is 2.75. The predicted molar refractivity (Wildman–Crippen MR) is 111 cm³/mol. The lowest BCUT2D eigenvalue weighted by molar-refractivity contribution is 0.0342. The van der Waals surface area contributed by atoms with Crippen LogP contribution in [0.15, 0.2) is 29.2 Å². The fraction of sp³-hybridized carbons (Fsp3) is 0.700. The van der Waals surface area contributed by atoms with Crippen LogP contribution >= 0.6 is 0 Å². The molecule has 0 radical (unpaired) electrons. The molecule has 1 heterocycles. The van der Waals surface area contributed by atoms with Crippen molar-refractivity contribution in [1.29, 1.82) is 0 Å². The van der Waals surface area contributed by atoms with E-state index in [1.54, 1.807) is 31.4 Å². The van der Waals surface area contributed by atoms with Crippen LogP contribution in [-0.2, 0) is 24.2 Å². The molecule has 1 aliphatic rings. The maximum atomic E-state index is 13.2. The molecule has 0 aromatic heterocycles. The third kappa shape index (κ3) is 8.19. The molecule has 0 unspecified atom stereocenters. The van der Waals surface area contributed by atoms with Crippen molar-refractivity contribution < 1.29 is 27.4 Å². The standard InChI is InChI=1S/C20H34N2O6S/c1-3-13-28-19-4-6-20(7-5-19)29(23,24)22(12-16-27-18-17-25-2)9-8-21-10-14-26-15-11-21/h4-7H,3,8-18H2,1-2H3. The smallest absolute Gasteiger partial charge is 0.243 e. The van der Waals surface area contributed by atoms with E-state index >= 15 is 0 Å². The summed E-state index contributed by atoms with van der Waals surface area (Å²) in [6.45, 7) is 8.27. The summed E-state index contributed by atoms with van der Waals surface area (Å²) in [5.41, 5.74) is 0. The summed E-state index contributed by atoms with van der Waals surface area (Å²) in [6, 6.07) is 6.62. The van der Waals surface area contributed by atoms with Gasteiger partial charge in [0.1, 0.15) is 5.75 Å². The van der Waals surface area contributed by atoms with Gasteiger partial charge in [-0.2, -0.15) is 4.31 Å². The lowest BCUT2D eigenvalue weighted by Gasteiger charge is -2.29. The van der Waals surface area contributed by atoms with Crippen LogP contribution in [0.25, 0.3) is 0 Å². The van der Waals surface area contributed by atoms with Crippen molar-refractivity contribution >= 4 is 10.0 Å². The molecule has 1 aromatic rings. The topological polar surface area (TPSA) is 77.5 Å². The number of methoxy groups -OCH3 is 1. The molecule has 2 rings (SSSR count). The van der Waals surface area contributed by atoms with Crippen LogP contribution < -0.4 is 4.74 Å². The lowest BCUT2D eigenvalue weighted by atomic mass is 10.3. The van der Waals surface area contributed by atoms with Crippen molar-refractivity contribution in [2.45, 2.75) is 18.2 Å². The zero-order valence-electron chi connectivity index (χ0n) is 17.5. The van der Waals surface area contributed by atoms with Crippen molar-refractivity contribution in [3.8, 4) is 5.75 Å². The van der Waals surface area contributed by atoms with Gasteiger partial charge in [-0.05, 0) is 30.7 Å². The Balaban J connectivity index is 2.02.